The second-order valence-electron chi connectivity index (χ2n) is 3.82. The van der Waals surface area contributed by atoms with Crippen LogP contribution in [0.1, 0.15) is 12.5 Å². The van der Waals surface area contributed by atoms with Gasteiger partial charge in [0.15, 0.2) is 0 Å². The fraction of sp³-hybridized carbons (Fsp3) is 0.231. The van der Waals surface area contributed by atoms with Gasteiger partial charge < -0.3 is 14.6 Å². The zero-order valence-electron chi connectivity index (χ0n) is 9.42. The van der Waals surface area contributed by atoms with E-state index in [1.807, 2.05) is 30.3 Å². The number of benzene rings is 1. The first-order valence-electron chi connectivity index (χ1n) is 5.32. The van der Waals surface area contributed by atoms with Crippen molar-refractivity contribution >= 4 is 11.9 Å². The second-order valence-corrected chi connectivity index (χ2v) is 3.82. The van der Waals surface area contributed by atoms with Crippen LogP contribution in [-0.2, 0) is 9.53 Å². The first-order chi connectivity index (χ1) is 8.16. The van der Waals surface area contributed by atoms with Gasteiger partial charge in [-0.1, -0.05) is 24.3 Å². The van der Waals surface area contributed by atoms with Gasteiger partial charge in [0.25, 0.3) is 0 Å². The van der Waals surface area contributed by atoms with Crippen LogP contribution in [-0.4, -0.2) is 24.5 Å². The lowest BCUT2D eigenvalue weighted by atomic mass is 10.2. The molecule has 1 heterocycles. The molecule has 17 heavy (non-hydrogen) atoms. The Hall–Kier alpha value is -2.10. The van der Waals surface area contributed by atoms with Crippen LogP contribution in [0.25, 0.3) is 0 Å². The minimum atomic E-state index is -1.17. The van der Waals surface area contributed by atoms with Crippen molar-refractivity contribution in [2.24, 2.45) is 4.99 Å². The monoisotopic (exact) mass is 230 g/mol. The molecule has 0 radical (unpaired) electrons. The van der Waals surface area contributed by atoms with E-state index in [0.717, 1.165) is 5.56 Å². The molecule has 4 heteroatoms. The number of carboxylic acids is 1. The standard InChI is InChI=1S/C13H13NO3/c1-9(13(15)16)7-11-8-17-12(14-11)10-5-3-2-4-6-10/h2-7,11H,8H2,1H3,(H,15,16)/p-1/b9-7+. The van der Waals surface area contributed by atoms with Gasteiger partial charge in [0.05, 0.1) is 5.97 Å². The highest BCUT2D eigenvalue weighted by molar-refractivity contribution is 5.95. The third-order valence-electron chi connectivity index (χ3n) is 2.46. The van der Waals surface area contributed by atoms with Crippen molar-refractivity contribution in [3.63, 3.8) is 0 Å². The molecule has 0 bridgehead atoms. The lowest BCUT2D eigenvalue weighted by Gasteiger charge is -2.03. The molecule has 1 aliphatic rings. The van der Waals surface area contributed by atoms with Crippen molar-refractivity contribution in [2.75, 3.05) is 6.61 Å². The number of carbonyl (C=O) groups is 1. The van der Waals surface area contributed by atoms with E-state index in [1.54, 1.807) is 6.08 Å². The lowest BCUT2D eigenvalue weighted by Crippen LogP contribution is -2.24. The summed E-state index contributed by atoms with van der Waals surface area (Å²) in [6.07, 6.45) is 1.55. The van der Waals surface area contributed by atoms with Gasteiger partial charge in [0, 0.05) is 5.56 Å². The summed E-state index contributed by atoms with van der Waals surface area (Å²) in [4.78, 5) is 14.9. The van der Waals surface area contributed by atoms with Gasteiger partial charge in [-0.25, -0.2) is 4.99 Å². The normalized spacial score (nSPS) is 19.7. The van der Waals surface area contributed by atoms with Gasteiger partial charge in [-0.15, -0.1) is 0 Å². The fourth-order valence-corrected chi connectivity index (χ4v) is 1.57. The number of hydrogen-bond donors (Lipinski definition) is 0. The van der Waals surface area contributed by atoms with E-state index in [-0.39, 0.29) is 11.6 Å². The molecule has 1 aromatic rings. The van der Waals surface area contributed by atoms with Crippen molar-refractivity contribution < 1.29 is 14.6 Å². The molecular formula is C13H12NO3-. The van der Waals surface area contributed by atoms with Gasteiger partial charge in [-0.3, -0.25) is 0 Å². The zero-order chi connectivity index (χ0) is 12.3. The Morgan fingerprint density at radius 2 is 2.18 bits per heavy atom. The number of carbonyl (C=O) groups excluding carboxylic acids is 1. The lowest BCUT2D eigenvalue weighted by molar-refractivity contribution is -0.299. The summed E-state index contributed by atoms with van der Waals surface area (Å²) in [6.45, 7) is 1.86. The van der Waals surface area contributed by atoms with Crippen molar-refractivity contribution in [2.45, 2.75) is 13.0 Å². The Morgan fingerprint density at radius 1 is 1.47 bits per heavy atom. The summed E-state index contributed by atoms with van der Waals surface area (Å²) in [7, 11) is 0. The van der Waals surface area contributed by atoms with Gasteiger partial charge in [0.1, 0.15) is 12.6 Å². The molecule has 0 spiro atoms. The number of carboxylic acid groups (broad SMARTS) is 1. The van der Waals surface area contributed by atoms with Crippen molar-refractivity contribution in [1.82, 2.24) is 0 Å². The Bertz CT molecular complexity index is 477. The molecule has 0 amide bonds. The Balaban J connectivity index is 2.15. The van der Waals surface area contributed by atoms with Gasteiger partial charge in [-0.05, 0) is 24.6 Å². The van der Waals surface area contributed by atoms with Gasteiger partial charge in [-0.2, -0.15) is 0 Å². The summed E-state index contributed by atoms with van der Waals surface area (Å²) >= 11 is 0. The number of hydrogen-bond acceptors (Lipinski definition) is 4. The highest BCUT2D eigenvalue weighted by atomic mass is 16.5. The molecule has 1 aromatic carbocycles. The molecule has 0 saturated carbocycles. The molecular weight excluding hydrogens is 218 g/mol. The molecule has 1 aliphatic heterocycles. The predicted octanol–water partition coefficient (Wildman–Crippen LogP) is 0.528. The molecule has 0 fully saturated rings. The third kappa shape index (κ3) is 2.72. The summed E-state index contributed by atoms with van der Waals surface area (Å²) in [5.41, 5.74) is 1.08. The molecule has 4 nitrogen and oxygen atoms in total. The number of aliphatic imine (C=N–C) groups is 1. The van der Waals surface area contributed by atoms with E-state index >= 15 is 0 Å². The summed E-state index contributed by atoms with van der Waals surface area (Å²) in [5.74, 6) is -0.619. The molecule has 0 aromatic heterocycles. The van der Waals surface area contributed by atoms with Crippen LogP contribution in [0.15, 0.2) is 47.0 Å². The third-order valence-corrected chi connectivity index (χ3v) is 2.46. The van der Waals surface area contributed by atoms with Gasteiger partial charge >= 0.3 is 0 Å². The van der Waals surface area contributed by atoms with Crippen LogP contribution in [0, 0.1) is 0 Å². The number of nitrogens with zero attached hydrogens (tertiary/aromatic N) is 1. The van der Waals surface area contributed by atoms with Crippen LogP contribution in [0.2, 0.25) is 0 Å². The van der Waals surface area contributed by atoms with Crippen molar-refractivity contribution in [3.8, 4) is 0 Å². The molecule has 0 aliphatic carbocycles. The summed E-state index contributed by atoms with van der Waals surface area (Å²) in [6, 6.07) is 9.26. The minimum Gasteiger partial charge on any atom is -0.545 e. The van der Waals surface area contributed by atoms with Crippen LogP contribution in [0.5, 0.6) is 0 Å². The van der Waals surface area contributed by atoms with Crippen LogP contribution in [0.4, 0.5) is 0 Å². The minimum absolute atomic E-state index is 0.177. The second kappa shape index (κ2) is 4.82. The van der Waals surface area contributed by atoms with Gasteiger partial charge in [0.2, 0.25) is 5.90 Å². The predicted molar refractivity (Wildman–Crippen MR) is 61.5 cm³/mol. The topological polar surface area (TPSA) is 61.7 Å². The molecule has 2 rings (SSSR count). The molecule has 1 atom stereocenters. The Morgan fingerprint density at radius 3 is 2.82 bits per heavy atom. The first kappa shape index (κ1) is 11.4. The number of ether oxygens (including phenoxy) is 1. The van der Waals surface area contributed by atoms with E-state index in [4.69, 9.17) is 4.74 Å². The largest absolute Gasteiger partial charge is 0.545 e. The van der Waals surface area contributed by atoms with Crippen LogP contribution in [0.3, 0.4) is 0 Å². The van der Waals surface area contributed by atoms with Crippen LogP contribution >= 0.6 is 0 Å². The van der Waals surface area contributed by atoms with E-state index in [2.05, 4.69) is 4.99 Å². The fourth-order valence-electron chi connectivity index (χ4n) is 1.57. The van der Waals surface area contributed by atoms with E-state index < -0.39 is 5.97 Å². The van der Waals surface area contributed by atoms with E-state index in [0.29, 0.717) is 12.5 Å². The highest BCUT2D eigenvalue weighted by Gasteiger charge is 2.18. The Kier molecular flexibility index (Phi) is 3.23. The van der Waals surface area contributed by atoms with Crippen LogP contribution < -0.4 is 5.11 Å². The number of aliphatic carboxylic acids is 1. The Labute approximate surface area is 99.3 Å². The first-order valence-corrected chi connectivity index (χ1v) is 5.32. The molecule has 1 unspecified atom stereocenters. The maximum absolute atomic E-state index is 10.6. The number of rotatable bonds is 3. The summed E-state index contributed by atoms with van der Waals surface area (Å²) in [5, 5.41) is 10.6. The average molecular weight is 230 g/mol. The van der Waals surface area contributed by atoms with Crippen molar-refractivity contribution in [3.05, 3.63) is 47.5 Å². The molecule has 88 valence electrons. The molecule has 0 saturated heterocycles. The van der Waals surface area contributed by atoms with E-state index in [1.165, 1.54) is 6.92 Å². The SMILES string of the molecule is C/C(=C\C1COC(c2ccccc2)=N1)C(=O)[O-]. The average Bonchev–Trinajstić information content (AvgIpc) is 2.78. The zero-order valence-corrected chi connectivity index (χ0v) is 9.42. The molecule has 0 N–H and O–H groups in total. The van der Waals surface area contributed by atoms with Crippen molar-refractivity contribution in [1.29, 1.82) is 0 Å². The maximum atomic E-state index is 10.6. The van der Waals surface area contributed by atoms with E-state index in [9.17, 15) is 9.90 Å². The maximum Gasteiger partial charge on any atom is 0.216 e. The highest BCUT2D eigenvalue weighted by Crippen LogP contribution is 2.13. The summed E-state index contributed by atoms with van der Waals surface area (Å²) < 4.78 is 5.42. The smallest absolute Gasteiger partial charge is 0.216 e. The quantitative estimate of drug-likeness (QED) is 0.711.